The van der Waals surface area contributed by atoms with E-state index in [0.717, 1.165) is 56.1 Å². The highest BCUT2D eigenvalue weighted by Gasteiger charge is 2.22. The Morgan fingerprint density at radius 3 is 2.54 bits per heavy atom. The van der Waals surface area contributed by atoms with Gasteiger partial charge < -0.3 is 19.7 Å². The maximum absolute atomic E-state index is 12.4. The Hall–Kier alpha value is -1.75. The number of likely N-dealkylation sites (tertiary alicyclic amines) is 1. The Kier molecular flexibility index (Phi) is 7.37. The third-order valence-corrected chi connectivity index (χ3v) is 4.85. The second kappa shape index (κ2) is 9.52. The molecule has 0 aliphatic carbocycles. The van der Waals surface area contributed by atoms with Crippen LogP contribution in [0.15, 0.2) is 18.2 Å². The predicted molar refractivity (Wildman–Crippen MR) is 95.7 cm³/mol. The van der Waals surface area contributed by atoms with Gasteiger partial charge >= 0.3 is 0 Å². The van der Waals surface area contributed by atoms with Crippen LogP contribution in [-0.4, -0.2) is 51.7 Å². The number of nitrogens with one attached hydrogen (secondary N) is 1. The van der Waals surface area contributed by atoms with Crippen molar-refractivity contribution >= 4 is 5.91 Å². The summed E-state index contributed by atoms with van der Waals surface area (Å²) in [6.45, 7) is 2.87. The zero-order valence-corrected chi connectivity index (χ0v) is 15.1. The number of benzene rings is 1. The first kappa shape index (κ1) is 18.6. The maximum Gasteiger partial charge on any atom is 0.222 e. The molecule has 1 saturated heterocycles. The molecular weight excluding hydrogens is 304 g/mol. The van der Waals surface area contributed by atoms with Crippen LogP contribution < -0.4 is 14.8 Å². The lowest BCUT2D eigenvalue weighted by Crippen LogP contribution is -2.39. The summed E-state index contributed by atoms with van der Waals surface area (Å²) in [4.78, 5) is 14.5. The van der Waals surface area contributed by atoms with E-state index in [4.69, 9.17) is 9.47 Å². The lowest BCUT2D eigenvalue weighted by Gasteiger charge is -2.32. The Labute approximate surface area is 145 Å². The highest BCUT2D eigenvalue weighted by molar-refractivity contribution is 5.76. The van der Waals surface area contributed by atoms with E-state index >= 15 is 0 Å². The van der Waals surface area contributed by atoms with Crippen molar-refractivity contribution in [2.75, 3.05) is 40.9 Å². The molecule has 0 spiro atoms. The summed E-state index contributed by atoms with van der Waals surface area (Å²) in [5.74, 6) is 2.45. The summed E-state index contributed by atoms with van der Waals surface area (Å²) >= 11 is 0. The predicted octanol–water partition coefficient (Wildman–Crippen LogP) is 2.48. The first-order valence-electron chi connectivity index (χ1n) is 8.81. The quantitative estimate of drug-likeness (QED) is 0.793. The summed E-state index contributed by atoms with van der Waals surface area (Å²) in [5, 5.41) is 3.21. The third-order valence-electron chi connectivity index (χ3n) is 4.85. The van der Waals surface area contributed by atoms with Crippen LogP contribution in [0.4, 0.5) is 0 Å². The number of piperidine rings is 1. The van der Waals surface area contributed by atoms with E-state index in [-0.39, 0.29) is 5.91 Å². The number of carbonyl (C=O) groups excluding carboxylic acids is 1. The third kappa shape index (κ3) is 5.13. The fourth-order valence-electron chi connectivity index (χ4n) is 3.27. The van der Waals surface area contributed by atoms with Gasteiger partial charge in [0.1, 0.15) is 0 Å². The van der Waals surface area contributed by atoms with Crippen LogP contribution in [0, 0.1) is 5.92 Å². The number of aryl methyl sites for hydroxylation is 1. The lowest BCUT2D eigenvalue weighted by molar-refractivity contribution is -0.132. The highest BCUT2D eigenvalue weighted by atomic mass is 16.5. The summed E-state index contributed by atoms with van der Waals surface area (Å²) < 4.78 is 10.6. The molecule has 0 aromatic heterocycles. The van der Waals surface area contributed by atoms with E-state index in [1.54, 1.807) is 14.2 Å². The van der Waals surface area contributed by atoms with Crippen LogP contribution in [0.3, 0.4) is 0 Å². The molecule has 5 nitrogen and oxygen atoms in total. The molecule has 0 atom stereocenters. The van der Waals surface area contributed by atoms with E-state index in [1.165, 1.54) is 6.42 Å². The minimum Gasteiger partial charge on any atom is -0.493 e. The number of hydrogen-bond acceptors (Lipinski definition) is 4. The molecule has 5 heteroatoms. The van der Waals surface area contributed by atoms with E-state index in [0.29, 0.717) is 12.2 Å². The Morgan fingerprint density at radius 2 is 1.92 bits per heavy atom. The molecular formula is C19H30N2O3. The van der Waals surface area contributed by atoms with E-state index in [9.17, 15) is 4.79 Å². The standard InChI is InChI=1S/C19H30N2O3/c1-20-11-8-15-9-12-21(13-10-15)19(22)7-5-16-4-6-17(23-2)18(14-16)24-3/h4,6,14-15,20H,5,7-13H2,1-3H3. The van der Waals surface area contributed by atoms with E-state index < -0.39 is 0 Å². The number of ether oxygens (including phenoxy) is 2. The lowest BCUT2D eigenvalue weighted by atomic mass is 9.93. The molecule has 1 N–H and O–H groups in total. The minimum atomic E-state index is 0.261. The second-order valence-corrected chi connectivity index (χ2v) is 6.41. The van der Waals surface area contributed by atoms with Gasteiger partial charge in [0.15, 0.2) is 11.5 Å². The molecule has 24 heavy (non-hydrogen) atoms. The van der Waals surface area contributed by atoms with Crippen molar-refractivity contribution in [1.29, 1.82) is 0 Å². The zero-order chi connectivity index (χ0) is 17.4. The van der Waals surface area contributed by atoms with Gasteiger partial charge in [-0.15, -0.1) is 0 Å². The van der Waals surface area contributed by atoms with Crippen LogP contribution in [0.25, 0.3) is 0 Å². The SMILES string of the molecule is CNCCC1CCN(C(=O)CCc2ccc(OC)c(OC)c2)CC1. The highest BCUT2D eigenvalue weighted by Crippen LogP contribution is 2.28. The zero-order valence-electron chi connectivity index (χ0n) is 15.1. The molecule has 0 radical (unpaired) electrons. The average Bonchev–Trinajstić information content (AvgIpc) is 2.64. The molecule has 1 amide bonds. The molecule has 1 aromatic rings. The van der Waals surface area contributed by atoms with Gasteiger partial charge in [-0.05, 0) is 62.9 Å². The van der Waals surface area contributed by atoms with Crippen molar-refractivity contribution < 1.29 is 14.3 Å². The van der Waals surface area contributed by atoms with Crippen LogP contribution >= 0.6 is 0 Å². The molecule has 1 aliphatic heterocycles. The summed E-state index contributed by atoms with van der Waals surface area (Å²) in [6, 6.07) is 5.85. The second-order valence-electron chi connectivity index (χ2n) is 6.41. The molecule has 1 fully saturated rings. The van der Waals surface area contributed by atoms with Gasteiger partial charge in [0, 0.05) is 19.5 Å². The summed E-state index contributed by atoms with van der Waals surface area (Å²) in [6.07, 6.45) is 4.76. The molecule has 0 saturated carbocycles. The number of rotatable bonds is 8. The number of amides is 1. The molecule has 1 aliphatic rings. The summed E-state index contributed by atoms with van der Waals surface area (Å²) in [5.41, 5.74) is 1.10. The van der Waals surface area contributed by atoms with Gasteiger partial charge in [0.2, 0.25) is 5.91 Å². The van der Waals surface area contributed by atoms with Gasteiger partial charge in [0.25, 0.3) is 0 Å². The number of hydrogen-bond donors (Lipinski definition) is 1. The van der Waals surface area contributed by atoms with Crippen molar-refractivity contribution in [2.24, 2.45) is 5.92 Å². The number of nitrogens with zero attached hydrogens (tertiary/aromatic N) is 1. The molecule has 1 heterocycles. The van der Waals surface area contributed by atoms with Crippen LogP contribution in [0.2, 0.25) is 0 Å². The number of methoxy groups -OCH3 is 2. The van der Waals surface area contributed by atoms with Crippen molar-refractivity contribution in [3.05, 3.63) is 23.8 Å². The fourth-order valence-corrected chi connectivity index (χ4v) is 3.27. The Bertz CT molecular complexity index is 525. The molecule has 134 valence electrons. The molecule has 1 aromatic carbocycles. The van der Waals surface area contributed by atoms with Crippen molar-refractivity contribution in [1.82, 2.24) is 10.2 Å². The van der Waals surface area contributed by atoms with Crippen molar-refractivity contribution in [3.8, 4) is 11.5 Å². The van der Waals surface area contributed by atoms with E-state index in [2.05, 4.69) is 5.32 Å². The summed E-state index contributed by atoms with van der Waals surface area (Å²) in [7, 11) is 5.25. The van der Waals surface area contributed by atoms with Crippen molar-refractivity contribution in [3.63, 3.8) is 0 Å². The normalized spacial score (nSPS) is 15.4. The smallest absolute Gasteiger partial charge is 0.222 e. The number of carbonyl (C=O) groups is 1. The topological polar surface area (TPSA) is 50.8 Å². The van der Waals surface area contributed by atoms with Crippen LogP contribution in [0.1, 0.15) is 31.2 Å². The monoisotopic (exact) mass is 334 g/mol. The molecule has 0 unspecified atom stereocenters. The van der Waals surface area contributed by atoms with Crippen LogP contribution in [-0.2, 0) is 11.2 Å². The molecule has 2 rings (SSSR count). The van der Waals surface area contributed by atoms with E-state index in [1.807, 2.05) is 30.1 Å². The van der Waals surface area contributed by atoms with Gasteiger partial charge in [-0.2, -0.15) is 0 Å². The van der Waals surface area contributed by atoms with Gasteiger partial charge in [-0.3, -0.25) is 4.79 Å². The Morgan fingerprint density at radius 1 is 1.21 bits per heavy atom. The van der Waals surface area contributed by atoms with Gasteiger partial charge in [-0.25, -0.2) is 0 Å². The minimum absolute atomic E-state index is 0.261. The first-order valence-corrected chi connectivity index (χ1v) is 8.81. The van der Waals surface area contributed by atoms with Gasteiger partial charge in [0.05, 0.1) is 14.2 Å². The molecule has 0 bridgehead atoms. The Balaban J connectivity index is 1.79. The fraction of sp³-hybridized carbons (Fsp3) is 0.632. The van der Waals surface area contributed by atoms with Gasteiger partial charge in [-0.1, -0.05) is 6.07 Å². The average molecular weight is 334 g/mol. The maximum atomic E-state index is 12.4. The van der Waals surface area contributed by atoms with Crippen LogP contribution in [0.5, 0.6) is 11.5 Å². The largest absolute Gasteiger partial charge is 0.493 e. The first-order chi connectivity index (χ1) is 11.7. The van der Waals surface area contributed by atoms with Crippen molar-refractivity contribution in [2.45, 2.75) is 32.1 Å².